The molecule has 1 aromatic heterocycles. The number of rotatable bonds is 8. The molecule has 4 rings (SSSR count). The third kappa shape index (κ3) is 4.68. The molecular weight excluding hydrogens is 440 g/mol. The van der Waals surface area contributed by atoms with Crippen LogP contribution < -0.4 is 26.0 Å². The molecule has 2 heterocycles. The van der Waals surface area contributed by atoms with Crippen LogP contribution in [0.15, 0.2) is 51.9 Å². The number of aromatic hydroxyl groups is 1. The zero-order chi connectivity index (χ0) is 24.4. The van der Waals surface area contributed by atoms with Crippen molar-refractivity contribution >= 4 is 22.8 Å². The maximum absolute atomic E-state index is 13.3. The number of ether oxygens (including phenoxy) is 2. The number of benzene rings is 2. The maximum atomic E-state index is 13.3. The van der Waals surface area contributed by atoms with Crippen LogP contribution in [-0.4, -0.2) is 29.8 Å². The van der Waals surface area contributed by atoms with Crippen LogP contribution in [0.2, 0.25) is 0 Å². The third-order valence-corrected chi connectivity index (χ3v) is 5.75. The van der Waals surface area contributed by atoms with Gasteiger partial charge in [0.25, 0.3) is 0 Å². The van der Waals surface area contributed by atoms with E-state index >= 15 is 0 Å². The molecule has 0 fully saturated rings. The predicted molar refractivity (Wildman–Crippen MR) is 124 cm³/mol. The van der Waals surface area contributed by atoms with Gasteiger partial charge in [-0.15, -0.1) is 0 Å². The SMILES string of the molecule is CC(C)C[C@H](NC(=O)C[C@@H](c1cc2c(cc1O)OCO2)c1coc2ccccc2c1=O)C(N)=O. The summed E-state index contributed by atoms with van der Waals surface area (Å²) in [6.07, 6.45) is 1.43. The van der Waals surface area contributed by atoms with Gasteiger partial charge < -0.3 is 30.0 Å². The summed E-state index contributed by atoms with van der Waals surface area (Å²) in [6, 6.07) is 8.84. The lowest BCUT2D eigenvalue weighted by molar-refractivity contribution is -0.127. The normalized spacial score (nSPS) is 14.2. The zero-order valence-corrected chi connectivity index (χ0v) is 18.9. The number of amides is 2. The number of carbonyl (C=O) groups excluding carboxylic acids is 2. The average Bonchev–Trinajstić information content (AvgIpc) is 3.24. The van der Waals surface area contributed by atoms with Crippen molar-refractivity contribution in [3.05, 3.63) is 64.0 Å². The number of carbonyl (C=O) groups is 2. The Bertz CT molecular complexity index is 1300. The Morgan fingerprint density at radius 2 is 1.82 bits per heavy atom. The molecule has 178 valence electrons. The monoisotopic (exact) mass is 466 g/mol. The molecule has 0 saturated heterocycles. The van der Waals surface area contributed by atoms with Crippen LogP contribution >= 0.6 is 0 Å². The predicted octanol–water partition coefficient (Wildman–Crippen LogP) is 2.77. The molecule has 9 nitrogen and oxygen atoms in total. The smallest absolute Gasteiger partial charge is 0.240 e. The molecule has 2 amide bonds. The second kappa shape index (κ2) is 9.46. The van der Waals surface area contributed by atoms with Gasteiger partial charge in [0.2, 0.25) is 18.6 Å². The standard InChI is InChI=1S/C25H26N2O7/c1-13(2)7-18(25(26)31)27-23(29)9-15(16-8-21-22(10-19(16)28)34-12-33-21)17-11-32-20-6-4-3-5-14(20)24(17)30/h3-6,8,10-11,13,15,18,28H,7,9,12H2,1-2H3,(H2,26,31)(H,27,29)/t15-,18-/m0/s1. The van der Waals surface area contributed by atoms with E-state index in [4.69, 9.17) is 19.6 Å². The van der Waals surface area contributed by atoms with Crippen molar-refractivity contribution < 1.29 is 28.6 Å². The van der Waals surface area contributed by atoms with Gasteiger partial charge in [-0.2, -0.15) is 0 Å². The van der Waals surface area contributed by atoms with Crippen LogP contribution in [0.5, 0.6) is 17.2 Å². The number of phenols is 1. The van der Waals surface area contributed by atoms with Crippen LogP contribution in [0, 0.1) is 5.92 Å². The second-order valence-corrected chi connectivity index (χ2v) is 8.69. The van der Waals surface area contributed by atoms with E-state index in [0.717, 1.165) is 0 Å². The summed E-state index contributed by atoms with van der Waals surface area (Å²) in [4.78, 5) is 38.2. The van der Waals surface area contributed by atoms with Crippen molar-refractivity contribution in [3.63, 3.8) is 0 Å². The zero-order valence-electron chi connectivity index (χ0n) is 18.9. The number of hydrogen-bond donors (Lipinski definition) is 3. The van der Waals surface area contributed by atoms with E-state index in [-0.39, 0.29) is 35.9 Å². The molecule has 1 aliphatic rings. The number of fused-ring (bicyclic) bond motifs is 2. The highest BCUT2D eigenvalue weighted by Gasteiger charge is 2.29. The van der Waals surface area contributed by atoms with Gasteiger partial charge in [-0.3, -0.25) is 14.4 Å². The van der Waals surface area contributed by atoms with Crippen molar-refractivity contribution in [2.45, 2.75) is 38.6 Å². The largest absolute Gasteiger partial charge is 0.508 e. The molecule has 2 aromatic carbocycles. The van der Waals surface area contributed by atoms with Crippen LogP contribution in [0.3, 0.4) is 0 Å². The molecule has 0 spiro atoms. The van der Waals surface area contributed by atoms with Crippen LogP contribution in [0.25, 0.3) is 11.0 Å². The first kappa shape index (κ1) is 23.2. The fourth-order valence-corrected chi connectivity index (χ4v) is 4.10. The fraction of sp³-hybridized carbons (Fsp3) is 0.320. The molecule has 3 aromatic rings. The van der Waals surface area contributed by atoms with Crippen LogP contribution in [0.4, 0.5) is 0 Å². The lowest BCUT2D eigenvalue weighted by Crippen LogP contribution is -2.45. The highest BCUT2D eigenvalue weighted by atomic mass is 16.7. The Labute approximate surface area is 195 Å². The Morgan fingerprint density at radius 3 is 2.53 bits per heavy atom. The van der Waals surface area contributed by atoms with E-state index in [0.29, 0.717) is 34.5 Å². The molecule has 0 aliphatic carbocycles. The first-order chi connectivity index (χ1) is 16.2. The Kier molecular flexibility index (Phi) is 6.45. The lowest BCUT2D eigenvalue weighted by atomic mass is 9.87. The average molecular weight is 466 g/mol. The van der Waals surface area contributed by atoms with Crippen molar-refractivity contribution in [3.8, 4) is 17.2 Å². The fourth-order valence-electron chi connectivity index (χ4n) is 4.10. The van der Waals surface area contributed by atoms with Gasteiger partial charge in [-0.25, -0.2) is 0 Å². The van der Waals surface area contributed by atoms with E-state index < -0.39 is 23.8 Å². The molecule has 0 unspecified atom stereocenters. The van der Waals surface area contributed by atoms with Crippen molar-refractivity contribution in [2.24, 2.45) is 11.7 Å². The summed E-state index contributed by atoms with van der Waals surface area (Å²) in [7, 11) is 0. The van der Waals surface area contributed by atoms with Crippen molar-refractivity contribution in [1.82, 2.24) is 5.32 Å². The van der Waals surface area contributed by atoms with E-state index in [2.05, 4.69) is 5.32 Å². The first-order valence-electron chi connectivity index (χ1n) is 11.0. The highest BCUT2D eigenvalue weighted by Crippen LogP contribution is 2.42. The Hall–Kier alpha value is -4.01. The summed E-state index contributed by atoms with van der Waals surface area (Å²) in [5.74, 6) is -1.32. The molecule has 2 atom stereocenters. The van der Waals surface area contributed by atoms with E-state index in [1.165, 1.54) is 12.3 Å². The van der Waals surface area contributed by atoms with Gasteiger partial charge in [0.05, 0.1) is 11.6 Å². The summed E-state index contributed by atoms with van der Waals surface area (Å²) < 4.78 is 16.4. The topological polar surface area (TPSA) is 141 Å². The number of phenolic OH excluding ortho intramolecular Hbond substituents is 1. The number of hydrogen-bond acceptors (Lipinski definition) is 7. The quantitative estimate of drug-likeness (QED) is 0.463. The molecule has 0 bridgehead atoms. The van der Waals surface area contributed by atoms with E-state index in [1.807, 2.05) is 13.8 Å². The molecule has 1 aliphatic heterocycles. The molecule has 4 N–H and O–H groups in total. The summed E-state index contributed by atoms with van der Waals surface area (Å²) in [6.45, 7) is 3.82. The summed E-state index contributed by atoms with van der Waals surface area (Å²) in [5.41, 5.74) is 6.02. The number of nitrogens with one attached hydrogen (secondary N) is 1. The highest BCUT2D eigenvalue weighted by molar-refractivity contribution is 5.87. The second-order valence-electron chi connectivity index (χ2n) is 8.69. The molecule has 9 heteroatoms. The number of nitrogens with two attached hydrogens (primary N) is 1. The minimum atomic E-state index is -0.886. The van der Waals surface area contributed by atoms with Crippen LogP contribution in [-0.2, 0) is 9.59 Å². The van der Waals surface area contributed by atoms with Gasteiger partial charge in [-0.1, -0.05) is 26.0 Å². The molecule has 34 heavy (non-hydrogen) atoms. The maximum Gasteiger partial charge on any atom is 0.240 e. The van der Waals surface area contributed by atoms with Crippen LogP contribution in [0.1, 0.15) is 43.7 Å². The number of para-hydroxylation sites is 1. The minimum Gasteiger partial charge on any atom is -0.508 e. The lowest BCUT2D eigenvalue weighted by Gasteiger charge is -2.21. The van der Waals surface area contributed by atoms with E-state index in [1.54, 1.807) is 30.3 Å². The Morgan fingerprint density at radius 1 is 1.12 bits per heavy atom. The summed E-state index contributed by atoms with van der Waals surface area (Å²) >= 11 is 0. The molecule has 0 radical (unpaired) electrons. The van der Waals surface area contributed by atoms with Gasteiger partial charge in [-0.05, 0) is 30.5 Å². The number of primary amides is 1. The third-order valence-electron chi connectivity index (χ3n) is 5.75. The van der Waals surface area contributed by atoms with Gasteiger partial charge in [0.1, 0.15) is 17.4 Å². The van der Waals surface area contributed by atoms with Crippen molar-refractivity contribution in [1.29, 1.82) is 0 Å². The van der Waals surface area contributed by atoms with Crippen molar-refractivity contribution in [2.75, 3.05) is 6.79 Å². The Balaban J connectivity index is 1.75. The summed E-state index contributed by atoms with van der Waals surface area (Å²) in [5, 5.41) is 13.7. The minimum absolute atomic E-state index is 0.00299. The molecular formula is C25H26N2O7. The van der Waals surface area contributed by atoms with Gasteiger partial charge in [0, 0.05) is 29.5 Å². The first-order valence-corrected chi connectivity index (χ1v) is 11.0. The molecule has 0 saturated carbocycles. The van der Waals surface area contributed by atoms with Gasteiger partial charge >= 0.3 is 0 Å². The van der Waals surface area contributed by atoms with E-state index in [9.17, 15) is 19.5 Å². The van der Waals surface area contributed by atoms with Gasteiger partial charge in [0.15, 0.2) is 16.9 Å².